The number of benzene rings is 3. The van der Waals surface area contributed by atoms with Gasteiger partial charge in [0.2, 0.25) is 11.8 Å². The highest BCUT2D eigenvalue weighted by Crippen LogP contribution is 2.64. The molecular weight excluding hydrogens is 679 g/mol. The number of rotatable bonds is 7. The maximum Gasteiger partial charge on any atom is 0.315 e. The van der Waals surface area contributed by atoms with Crippen molar-refractivity contribution in [3.8, 4) is 0 Å². The highest BCUT2D eigenvalue weighted by Gasteiger charge is 2.68. The van der Waals surface area contributed by atoms with Gasteiger partial charge in [-0.3, -0.25) is 29.1 Å². The Bertz CT molecular complexity index is 2250. The monoisotopic (exact) mass is 713 g/mol. The summed E-state index contributed by atoms with van der Waals surface area (Å²) in [6.45, 7) is 0. The van der Waals surface area contributed by atoms with E-state index in [2.05, 4.69) is 4.98 Å². The third kappa shape index (κ3) is 5.26. The van der Waals surface area contributed by atoms with Crippen LogP contribution < -0.4 is 0 Å². The van der Waals surface area contributed by atoms with E-state index in [-0.39, 0.29) is 18.6 Å². The predicted molar refractivity (Wildman–Crippen MR) is 198 cm³/mol. The average Bonchev–Trinajstić information content (AvgIpc) is 3.80. The smallest absolute Gasteiger partial charge is 0.315 e. The van der Waals surface area contributed by atoms with E-state index in [0.717, 1.165) is 21.6 Å². The number of nitrogens with zero attached hydrogens (tertiary/aromatic N) is 3. The molecule has 0 radical (unpaired) electrons. The molecule has 9 nitrogen and oxygen atoms in total. The van der Waals surface area contributed by atoms with Crippen molar-refractivity contribution in [2.45, 2.75) is 30.6 Å². The van der Waals surface area contributed by atoms with Gasteiger partial charge in [-0.05, 0) is 52.1 Å². The molecule has 2 aromatic heterocycles. The number of hydrogen-bond donors (Lipinski definition) is 1. The molecule has 7 unspecified atom stereocenters. The standard InChI is InChI=1S/C45H35N3O6/c49-30-24-31(27-14-4-1-5-15-27)44(52)54-36(25-30)48-42(50)39-32-26-33(45(53,29-18-8-3-9-19-29)35-21-11-13-23-47-35)40(41(39)43(48)51)38(32)37(28-16-6-2-7-17-28)34-20-10-12-22-46-34/h1-23,26,31-32,36,39-41,53H,24-25H2. The summed E-state index contributed by atoms with van der Waals surface area (Å²) in [5.74, 6) is -6.09. The van der Waals surface area contributed by atoms with E-state index in [1.165, 1.54) is 0 Å². The minimum absolute atomic E-state index is 0.0923. The van der Waals surface area contributed by atoms with Gasteiger partial charge < -0.3 is 9.84 Å². The third-order valence-electron chi connectivity index (χ3n) is 11.3. The first kappa shape index (κ1) is 33.5. The Labute approximate surface area is 311 Å². The van der Waals surface area contributed by atoms with Gasteiger partial charge in [0.25, 0.3) is 0 Å². The first-order chi connectivity index (χ1) is 26.4. The Hall–Kier alpha value is -6.32. The van der Waals surface area contributed by atoms with Gasteiger partial charge >= 0.3 is 5.97 Å². The molecule has 4 aliphatic rings. The molecule has 3 aromatic carbocycles. The van der Waals surface area contributed by atoms with Gasteiger partial charge in [0.05, 0.1) is 35.6 Å². The predicted octanol–water partition coefficient (Wildman–Crippen LogP) is 6.02. The number of imide groups is 1. The van der Waals surface area contributed by atoms with E-state index in [0.29, 0.717) is 28.1 Å². The lowest BCUT2D eigenvalue weighted by atomic mass is 9.71. The van der Waals surface area contributed by atoms with Crippen LogP contribution >= 0.6 is 0 Å². The van der Waals surface area contributed by atoms with Gasteiger partial charge in [0.15, 0.2) is 11.8 Å². The zero-order valence-corrected chi connectivity index (χ0v) is 29.1. The largest absolute Gasteiger partial charge is 0.440 e. The SMILES string of the molecule is O=C1CC(c2ccccc2)C(=O)OC(N2C(=O)C3C4C=C(C(O)(c5ccccc5)c5ccccn5)C(C4=C(c4ccccc4)c4ccccn4)C3C2=O)C1. The summed E-state index contributed by atoms with van der Waals surface area (Å²) in [7, 11) is 0. The number of allylic oxidation sites excluding steroid dienone is 2. The molecule has 54 heavy (non-hydrogen) atoms. The minimum Gasteiger partial charge on any atom is -0.440 e. The Morgan fingerprint density at radius 1 is 0.704 bits per heavy atom. The van der Waals surface area contributed by atoms with Gasteiger partial charge in [-0.1, -0.05) is 109 Å². The average molecular weight is 714 g/mol. The molecule has 2 bridgehead atoms. The number of Topliss-reactive ketones (excluding diaryl/α,β-unsaturated/α-hetero) is 1. The van der Waals surface area contributed by atoms with E-state index >= 15 is 0 Å². The number of cyclic esters (lactones) is 1. The first-order valence-electron chi connectivity index (χ1n) is 18.1. The number of hydrogen-bond acceptors (Lipinski definition) is 8. The number of pyridine rings is 2. The maximum atomic E-state index is 15.0. The second-order valence-corrected chi connectivity index (χ2v) is 14.2. The normalized spacial score (nSPS) is 26.8. The molecular formula is C45H35N3O6. The molecule has 1 N–H and O–H groups in total. The number of carbonyl (C=O) groups is 4. The zero-order valence-electron chi connectivity index (χ0n) is 29.1. The van der Waals surface area contributed by atoms with Crippen LogP contribution in [-0.2, 0) is 29.5 Å². The summed E-state index contributed by atoms with van der Waals surface area (Å²) in [6.07, 6.45) is 3.48. The molecule has 5 aromatic rings. The number of aromatic nitrogens is 2. The summed E-state index contributed by atoms with van der Waals surface area (Å²) in [6, 6.07) is 38.8. The van der Waals surface area contributed by atoms with Crippen molar-refractivity contribution >= 4 is 29.1 Å². The van der Waals surface area contributed by atoms with Gasteiger partial charge in [-0.25, -0.2) is 4.90 Å². The van der Waals surface area contributed by atoms with Gasteiger partial charge in [0, 0.05) is 36.2 Å². The van der Waals surface area contributed by atoms with Gasteiger partial charge in [0.1, 0.15) is 5.78 Å². The topological polar surface area (TPSA) is 127 Å². The van der Waals surface area contributed by atoms with E-state index in [4.69, 9.17) is 9.72 Å². The number of esters is 1. The van der Waals surface area contributed by atoms with Crippen LogP contribution in [-0.4, -0.2) is 49.8 Å². The highest BCUT2D eigenvalue weighted by atomic mass is 16.6. The molecule has 7 atom stereocenters. The van der Waals surface area contributed by atoms with Crippen molar-refractivity contribution in [1.82, 2.24) is 14.9 Å². The number of fused-ring (bicyclic) bond motifs is 5. The summed E-state index contributed by atoms with van der Waals surface area (Å²) >= 11 is 0. The summed E-state index contributed by atoms with van der Waals surface area (Å²) in [4.78, 5) is 67.1. The number of aliphatic hydroxyl groups is 1. The van der Waals surface area contributed by atoms with Crippen LogP contribution in [0.25, 0.3) is 5.57 Å². The van der Waals surface area contributed by atoms with Crippen molar-refractivity contribution in [1.29, 1.82) is 0 Å². The molecule has 9 heteroatoms. The quantitative estimate of drug-likeness (QED) is 0.123. The molecule has 2 aliphatic carbocycles. The van der Waals surface area contributed by atoms with E-state index in [1.54, 1.807) is 54.9 Å². The summed E-state index contributed by atoms with van der Waals surface area (Å²) in [5, 5.41) is 13.2. The fourth-order valence-corrected chi connectivity index (χ4v) is 9.09. The van der Waals surface area contributed by atoms with E-state index in [9.17, 15) is 24.3 Å². The lowest BCUT2D eigenvalue weighted by molar-refractivity contribution is -0.168. The van der Waals surface area contributed by atoms with Crippen molar-refractivity contribution in [2.24, 2.45) is 23.7 Å². The minimum atomic E-state index is -1.78. The van der Waals surface area contributed by atoms with Crippen LogP contribution in [0.4, 0.5) is 0 Å². The Kier molecular flexibility index (Phi) is 8.23. The fourth-order valence-electron chi connectivity index (χ4n) is 9.09. The van der Waals surface area contributed by atoms with Crippen molar-refractivity contribution in [3.63, 3.8) is 0 Å². The molecule has 0 spiro atoms. The third-order valence-corrected chi connectivity index (χ3v) is 11.3. The number of carbonyl (C=O) groups excluding carboxylic acids is 4. The van der Waals surface area contributed by atoms with Crippen molar-refractivity contribution in [2.75, 3.05) is 0 Å². The maximum absolute atomic E-state index is 15.0. The van der Waals surface area contributed by atoms with Crippen LogP contribution in [0, 0.1) is 23.7 Å². The second kappa shape index (κ2) is 13.3. The van der Waals surface area contributed by atoms with Crippen molar-refractivity contribution < 1.29 is 29.0 Å². The number of likely N-dealkylation sites (tertiary alicyclic amines) is 1. The summed E-state index contributed by atoms with van der Waals surface area (Å²) < 4.78 is 5.90. The number of amides is 2. The van der Waals surface area contributed by atoms with Crippen LogP contribution in [0.15, 0.2) is 157 Å². The molecule has 1 saturated carbocycles. The molecule has 266 valence electrons. The van der Waals surface area contributed by atoms with Crippen molar-refractivity contribution in [3.05, 3.63) is 185 Å². The van der Waals surface area contributed by atoms with Gasteiger partial charge in [-0.15, -0.1) is 0 Å². The van der Waals surface area contributed by atoms with E-state index in [1.807, 2.05) is 91.0 Å². The fraction of sp³-hybridized carbons (Fsp3) is 0.200. The van der Waals surface area contributed by atoms with Crippen LogP contribution in [0.1, 0.15) is 46.8 Å². The molecule has 9 rings (SSSR count). The Balaban J connectivity index is 1.20. The Morgan fingerprint density at radius 2 is 1.33 bits per heavy atom. The zero-order chi connectivity index (χ0) is 37.0. The van der Waals surface area contributed by atoms with Crippen LogP contribution in [0.2, 0.25) is 0 Å². The van der Waals surface area contributed by atoms with Gasteiger partial charge in [-0.2, -0.15) is 0 Å². The first-order valence-corrected chi connectivity index (χ1v) is 18.1. The molecule has 3 fully saturated rings. The van der Waals surface area contributed by atoms with Crippen LogP contribution in [0.3, 0.4) is 0 Å². The summed E-state index contributed by atoms with van der Waals surface area (Å²) in [5.41, 5.74) is 3.39. The van der Waals surface area contributed by atoms with E-state index < -0.39 is 59.2 Å². The Morgan fingerprint density at radius 3 is 2.00 bits per heavy atom. The lowest BCUT2D eigenvalue weighted by Crippen LogP contribution is -2.45. The molecule has 2 aliphatic heterocycles. The lowest BCUT2D eigenvalue weighted by Gasteiger charge is -2.36. The molecule has 4 heterocycles. The number of ether oxygens (including phenoxy) is 1. The number of ketones is 1. The molecule has 2 saturated heterocycles. The van der Waals surface area contributed by atoms with Crippen LogP contribution in [0.5, 0.6) is 0 Å². The molecule has 2 amide bonds. The highest BCUT2D eigenvalue weighted by molar-refractivity contribution is 6.09. The second-order valence-electron chi connectivity index (χ2n) is 14.2.